The summed E-state index contributed by atoms with van der Waals surface area (Å²) in [5.41, 5.74) is 1.90. The molecule has 2 amide bonds. The van der Waals surface area contributed by atoms with Crippen molar-refractivity contribution in [2.45, 2.75) is 38.5 Å². The van der Waals surface area contributed by atoms with E-state index in [-0.39, 0.29) is 19.4 Å². The van der Waals surface area contributed by atoms with E-state index >= 15 is 0 Å². The maximum atomic E-state index is 12.5. The van der Waals surface area contributed by atoms with E-state index in [0.717, 1.165) is 11.1 Å². The lowest BCUT2D eigenvalue weighted by Gasteiger charge is -2.29. The second-order valence-electron chi connectivity index (χ2n) is 5.38. The zero-order valence-corrected chi connectivity index (χ0v) is 12.0. The number of rotatable bonds is 3. The molecule has 1 fully saturated rings. The summed E-state index contributed by atoms with van der Waals surface area (Å²) in [6.45, 7) is 2.14. The van der Waals surface area contributed by atoms with Crippen LogP contribution in [0, 0.1) is 12.8 Å². The lowest BCUT2D eigenvalue weighted by Crippen LogP contribution is -2.54. The molecule has 120 valence electrons. The van der Waals surface area contributed by atoms with Gasteiger partial charge in [-0.05, 0) is 30.9 Å². The lowest BCUT2D eigenvalue weighted by atomic mass is 9.92. The molecule has 2 atom stereocenters. The van der Waals surface area contributed by atoms with Crippen LogP contribution < -0.4 is 10.6 Å². The molecule has 0 bridgehead atoms. The molecule has 0 unspecified atom stereocenters. The highest BCUT2D eigenvalue weighted by atomic mass is 19.4. The first-order valence-electron chi connectivity index (χ1n) is 6.98. The van der Waals surface area contributed by atoms with Gasteiger partial charge in [0.1, 0.15) is 12.0 Å². The van der Waals surface area contributed by atoms with E-state index in [1.807, 2.05) is 36.5 Å². The number of hydrogen-bond acceptors (Lipinski definition) is 2. The van der Waals surface area contributed by atoms with Crippen LogP contribution in [0.2, 0.25) is 0 Å². The van der Waals surface area contributed by atoms with Crippen LogP contribution in [0.1, 0.15) is 24.0 Å². The highest BCUT2D eigenvalue weighted by Gasteiger charge is 2.45. The topological polar surface area (TPSA) is 58.2 Å². The van der Waals surface area contributed by atoms with Gasteiger partial charge in [0.25, 0.3) is 0 Å². The molecule has 1 aliphatic rings. The second kappa shape index (κ2) is 6.37. The molecule has 7 heteroatoms. The molecule has 1 saturated heterocycles. The average Bonchev–Trinajstić information content (AvgIpc) is 2.45. The Bertz CT molecular complexity index is 572. The molecule has 0 aromatic heterocycles. The van der Waals surface area contributed by atoms with Gasteiger partial charge in [-0.1, -0.05) is 24.3 Å². The summed E-state index contributed by atoms with van der Waals surface area (Å²) in [5, 5.41) is 4.48. The molecule has 22 heavy (non-hydrogen) atoms. The third-order valence-corrected chi connectivity index (χ3v) is 3.80. The number of amides is 2. The molecular formula is C15H17F3N2O2. The predicted molar refractivity (Wildman–Crippen MR) is 73.7 cm³/mol. The van der Waals surface area contributed by atoms with Crippen LogP contribution in [-0.4, -0.2) is 24.0 Å². The number of aryl methyl sites for hydroxylation is 1. The van der Waals surface area contributed by atoms with Crippen LogP contribution >= 0.6 is 0 Å². The van der Waals surface area contributed by atoms with Gasteiger partial charge in [-0.25, -0.2) is 0 Å². The minimum absolute atomic E-state index is 0.102. The van der Waals surface area contributed by atoms with Crippen molar-refractivity contribution >= 4 is 11.8 Å². The summed E-state index contributed by atoms with van der Waals surface area (Å²) < 4.78 is 37.6. The Morgan fingerprint density at radius 2 is 2.00 bits per heavy atom. The summed E-state index contributed by atoms with van der Waals surface area (Å²) in [4.78, 5) is 23.7. The fraction of sp³-hybridized carbons (Fsp3) is 0.467. The van der Waals surface area contributed by atoms with E-state index in [1.165, 1.54) is 0 Å². The van der Waals surface area contributed by atoms with E-state index in [1.54, 1.807) is 0 Å². The Morgan fingerprint density at radius 1 is 1.32 bits per heavy atom. The van der Waals surface area contributed by atoms with Crippen LogP contribution in [0.5, 0.6) is 0 Å². The van der Waals surface area contributed by atoms with E-state index in [2.05, 4.69) is 5.32 Å². The summed E-state index contributed by atoms with van der Waals surface area (Å²) in [7, 11) is 0. The molecule has 0 saturated carbocycles. The summed E-state index contributed by atoms with van der Waals surface area (Å²) in [6, 6.07) is 5.57. The van der Waals surface area contributed by atoms with E-state index in [0.29, 0.717) is 0 Å². The Morgan fingerprint density at radius 3 is 2.59 bits per heavy atom. The van der Waals surface area contributed by atoms with Gasteiger partial charge in [-0.3, -0.25) is 9.59 Å². The van der Waals surface area contributed by atoms with Crippen LogP contribution in [0.15, 0.2) is 24.3 Å². The lowest BCUT2D eigenvalue weighted by molar-refractivity contribution is -0.171. The molecule has 0 spiro atoms. The Kier molecular flexibility index (Phi) is 4.73. The molecule has 1 aliphatic heterocycles. The largest absolute Gasteiger partial charge is 0.408 e. The average molecular weight is 314 g/mol. The van der Waals surface area contributed by atoms with Gasteiger partial charge < -0.3 is 10.6 Å². The number of hydrogen-bond donors (Lipinski definition) is 2. The maximum Gasteiger partial charge on any atom is 0.408 e. The van der Waals surface area contributed by atoms with E-state index in [4.69, 9.17) is 0 Å². The van der Waals surface area contributed by atoms with Gasteiger partial charge in [-0.2, -0.15) is 13.2 Å². The predicted octanol–water partition coefficient (Wildman–Crippen LogP) is 2.07. The van der Waals surface area contributed by atoms with E-state index < -0.39 is 30.0 Å². The minimum Gasteiger partial charge on any atom is -0.351 e. The van der Waals surface area contributed by atoms with Crippen LogP contribution in [-0.2, 0) is 16.1 Å². The van der Waals surface area contributed by atoms with Crippen molar-refractivity contribution in [3.05, 3.63) is 35.4 Å². The molecule has 0 radical (unpaired) electrons. The molecule has 2 N–H and O–H groups in total. The minimum atomic E-state index is -4.47. The number of halogens is 3. The molecular weight excluding hydrogens is 297 g/mol. The number of carbonyl (C=O) groups excluding carboxylic acids is 2. The number of nitrogens with one attached hydrogen (secondary N) is 2. The molecule has 2 rings (SSSR count). The first kappa shape index (κ1) is 16.3. The number of carbonyl (C=O) groups is 2. The van der Waals surface area contributed by atoms with Crippen LogP contribution in [0.3, 0.4) is 0 Å². The first-order chi connectivity index (χ1) is 10.3. The van der Waals surface area contributed by atoms with Gasteiger partial charge in [0.05, 0.1) is 0 Å². The normalized spacial score (nSPS) is 22.1. The fourth-order valence-electron chi connectivity index (χ4n) is 2.42. The van der Waals surface area contributed by atoms with Gasteiger partial charge in [0.15, 0.2) is 0 Å². The van der Waals surface area contributed by atoms with Gasteiger partial charge >= 0.3 is 6.18 Å². The zero-order valence-electron chi connectivity index (χ0n) is 12.0. The number of piperidine rings is 1. The molecule has 0 aliphatic carbocycles. The van der Waals surface area contributed by atoms with Crippen molar-refractivity contribution in [1.29, 1.82) is 0 Å². The third-order valence-electron chi connectivity index (χ3n) is 3.80. The Labute approximate surface area is 126 Å². The van der Waals surface area contributed by atoms with Gasteiger partial charge in [-0.15, -0.1) is 0 Å². The third kappa shape index (κ3) is 3.78. The summed E-state index contributed by atoms with van der Waals surface area (Å²) in [5.74, 6) is -2.47. The number of benzene rings is 1. The summed E-state index contributed by atoms with van der Waals surface area (Å²) >= 11 is 0. The summed E-state index contributed by atoms with van der Waals surface area (Å²) in [6.07, 6.45) is -4.86. The van der Waals surface area contributed by atoms with Crippen molar-refractivity contribution in [3.63, 3.8) is 0 Å². The monoisotopic (exact) mass is 314 g/mol. The van der Waals surface area contributed by atoms with Gasteiger partial charge in [0.2, 0.25) is 11.8 Å². The highest BCUT2D eigenvalue weighted by Crippen LogP contribution is 2.28. The van der Waals surface area contributed by atoms with Crippen molar-refractivity contribution in [3.8, 4) is 0 Å². The van der Waals surface area contributed by atoms with Crippen molar-refractivity contribution in [1.82, 2.24) is 10.6 Å². The Balaban J connectivity index is 1.91. The van der Waals surface area contributed by atoms with Crippen LogP contribution in [0.25, 0.3) is 0 Å². The first-order valence-corrected chi connectivity index (χ1v) is 6.98. The maximum absolute atomic E-state index is 12.5. The highest BCUT2D eigenvalue weighted by molar-refractivity contribution is 6.00. The van der Waals surface area contributed by atoms with E-state index in [9.17, 15) is 22.8 Å². The van der Waals surface area contributed by atoms with Crippen molar-refractivity contribution in [2.75, 3.05) is 0 Å². The number of alkyl halides is 3. The zero-order chi connectivity index (χ0) is 16.3. The quantitative estimate of drug-likeness (QED) is 0.839. The van der Waals surface area contributed by atoms with Crippen molar-refractivity contribution in [2.24, 2.45) is 5.92 Å². The van der Waals surface area contributed by atoms with Crippen molar-refractivity contribution < 1.29 is 22.8 Å². The Hall–Kier alpha value is -2.05. The molecule has 1 aromatic carbocycles. The second-order valence-corrected chi connectivity index (χ2v) is 5.38. The molecule has 1 aromatic rings. The van der Waals surface area contributed by atoms with Gasteiger partial charge in [0, 0.05) is 6.54 Å². The standard InChI is InChI=1S/C15H17F3N2O2/c1-9-4-2-3-5-10(9)8-19-13(21)11-6-7-12(15(16,17)18)20-14(11)22/h2-5,11-12H,6-8H2,1H3,(H,19,21)(H,20,22)/t11-,12+/m0/s1. The SMILES string of the molecule is Cc1ccccc1CNC(=O)[C@@H]1CC[C@H](C(F)(F)F)NC1=O. The van der Waals surface area contributed by atoms with Crippen LogP contribution in [0.4, 0.5) is 13.2 Å². The molecule has 4 nitrogen and oxygen atoms in total. The smallest absolute Gasteiger partial charge is 0.351 e. The molecule has 1 heterocycles. The fourth-order valence-corrected chi connectivity index (χ4v) is 2.42.